The van der Waals surface area contributed by atoms with E-state index in [-0.39, 0.29) is 6.61 Å². The third-order valence-corrected chi connectivity index (χ3v) is 4.40. The fourth-order valence-corrected chi connectivity index (χ4v) is 3.33. The summed E-state index contributed by atoms with van der Waals surface area (Å²) >= 11 is 0. The lowest BCUT2D eigenvalue weighted by Gasteiger charge is -2.25. The van der Waals surface area contributed by atoms with Crippen molar-refractivity contribution < 1.29 is 19.1 Å². The van der Waals surface area contributed by atoms with E-state index in [0.717, 1.165) is 17.9 Å². The molecule has 112 valence electrons. The number of ketones is 2. The Labute approximate surface area is 127 Å². The number of nitrogens with zero attached hydrogens (tertiary/aromatic N) is 1. The van der Waals surface area contributed by atoms with Gasteiger partial charge in [-0.3, -0.25) is 14.5 Å². The molecule has 0 saturated carbocycles. The monoisotopic (exact) mass is 297 g/mol. The van der Waals surface area contributed by atoms with Crippen LogP contribution < -0.4 is 0 Å². The maximum absolute atomic E-state index is 12.5. The molecule has 0 atom stereocenters. The van der Waals surface area contributed by atoms with Gasteiger partial charge in [-0.2, -0.15) is 0 Å². The molecule has 1 aliphatic heterocycles. The summed E-state index contributed by atoms with van der Waals surface area (Å²) in [7, 11) is 0. The van der Waals surface area contributed by atoms with Crippen LogP contribution >= 0.6 is 0 Å². The molecule has 2 aliphatic rings. The number of aliphatic hydroxyl groups is 1. The minimum absolute atomic E-state index is 0.0933. The highest BCUT2D eigenvalue weighted by atomic mass is 16.3. The molecule has 0 unspecified atom stereocenters. The highest BCUT2D eigenvalue weighted by molar-refractivity contribution is 6.53. The smallest absolute Gasteiger partial charge is 0.237 e. The van der Waals surface area contributed by atoms with Gasteiger partial charge in [0.15, 0.2) is 0 Å². The van der Waals surface area contributed by atoms with Gasteiger partial charge in [-0.05, 0) is 6.42 Å². The molecule has 0 bridgehead atoms. The van der Waals surface area contributed by atoms with Crippen molar-refractivity contribution in [3.8, 4) is 11.3 Å². The Morgan fingerprint density at radius 2 is 1.91 bits per heavy atom. The molecule has 1 aliphatic carbocycles. The molecule has 1 aromatic carbocycles. The van der Waals surface area contributed by atoms with E-state index in [1.54, 1.807) is 12.1 Å². The molecule has 22 heavy (non-hydrogen) atoms. The molecule has 0 radical (unpaired) electrons. The van der Waals surface area contributed by atoms with Gasteiger partial charge < -0.3 is 9.52 Å². The minimum Gasteiger partial charge on any atom is -0.459 e. The van der Waals surface area contributed by atoms with Crippen molar-refractivity contribution in [2.45, 2.75) is 13.0 Å². The highest BCUT2D eigenvalue weighted by Gasteiger charge is 2.38. The van der Waals surface area contributed by atoms with Crippen LogP contribution in [0.5, 0.6) is 0 Å². The summed E-state index contributed by atoms with van der Waals surface area (Å²) in [6.07, 6.45) is 0.662. The highest BCUT2D eigenvalue weighted by Crippen LogP contribution is 2.40. The number of Topliss-reactive ketones (excluding diaryl/α,β-unsaturated/α-hetero) is 2. The minimum atomic E-state index is -0.464. The van der Waals surface area contributed by atoms with Crippen LogP contribution in [0.3, 0.4) is 0 Å². The summed E-state index contributed by atoms with van der Waals surface area (Å²) in [4.78, 5) is 26.8. The lowest BCUT2D eigenvalue weighted by atomic mass is 9.85. The zero-order valence-corrected chi connectivity index (χ0v) is 12.0. The second-order valence-corrected chi connectivity index (χ2v) is 5.66. The van der Waals surface area contributed by atoms with Crippen LogP contribution in [0.25, 0.3) is 11.3 Å². The fourth-order valence-electron chi connectivity index (χ4n) is 3.33. The van der Waals surface area contributed by atoms with E-state index in [1.807, 2.05) is 12.1 Å². The number of hydrogen-bond donors (Lipinski definition) is 1. The molecule has 0 spiro atoms. The zero-order chi connectivity index (χ0) is 15.3. The Morgan fingerprint density at radius 1 is 1.14 bits per heavy atom. The molecule has 0 saturated heterocycles. The van der Waals surface area contributed by atoms with Crippen molar-refractivity contribution in [2.24, 2.45) is 0 Å². The van der Waals surface area contributed by atoms with Crippen molar-refractivity contribution in [1.82, 2.24) is 4.90 Å². The SMILES string of the molecule is O=C1C(=O)c2c(oc3c2CCN(CCO)C3)-c2ccccc21. The van der Waals surface area contributed by atoms with E-state index in [4.69, 9.17) is 9.52 Å². The lowest BCUT2D eigenvalue weighted by molar-refractivity contribution is 0.0814. The maximum atomic E-state index is 12.5. The Balaban J connectivity index is 1.87. The van der Waals surface area contributed by atoms with Crippen molar-refractivity contribution in [3.63, 3.8) is 0 Å². The average molecular weight is 297 g/mol. The third-order valence-electron chi connectivity index (χ3n) is 4.40. The van der Waals surface area contributed by atoms with E-state index in [0.29, 0.717) is 42.0 Å². The first-order valence-corrected chi connectivity index (χ1v) is 7.37. The van der Waals surface area contributed by atoms with Gasteiger partial charge in [0.05, 0.1) is 18.7 Å². The molecule has 2 heterocycles. The van der Waals surface area contributed by atoms with Gasteiger partial charge in [-0.15, -0.1) is 0 Å². The van der Waals surface area contributed by atoms with E-state index in [2.05, 4.69) is 4.90 Å². The zero-order valence-electron chi connectivity index (χ0n) is 12.0. The summed E-state index contributed by atoms with van der Waals surface area (Å²) < 4.78 is 5.95. The number of β-amino-alcohol motifs (C(OH)–C–C–N with tert-alkyl or cyclic N) is 1. The van der Waals surface area contributed by atoms with Crippen LogP contribution in [-0.2, 0) is 13.0 Å². The van der Waals surface area contributed by atoms with Crippen molar-refractivity contribution in [3.05, 3.63) is 46.7 Å². The number of rotatable bonds is 2. The standard InChI is InChI=1S/C17H15NO4/c19-8-7-18-6-5-12-13(9-18)22-17-11-4-2-1-3-10(11)15(20)16(21)14(12)17/h1-4,19H,5-9H2. The number of furan rings is 1. The predicted octanol–water partition coefficient (Wildman–Crippen LogP) is 1.68. The Hall–Kier alpha value is -2.24. The summed E-state index contributed by atoms with van der Waals surface area (Å²) in [6.45, 7) is 1.99. The lowest BCUT2D eigenvalue weighted by Crippen LogP contribution is -2.33. The summed E-state index contributed by atoms with van der Waals surface area (Å²) in [5.74, 6) is 0.345. The molecular formula is C17H15NO4. The first-order valence-electron chi connectivity index (χ1n) is 7.37. The van der Waals surface area contributed by atoms with Crippen LogP contribution in [0.1, 0.15) is 32.0 Å². The van der Waals surface area contributed by atoms with E-state index >= 15 is 0 Å². The van der Waals surface area contributed by atoms with Crippen LogP contribution in [-0.4, -0.2) is 41.3 Å². The Bertz CT molecular complexity index is 790. The fraction of sp³-hybridized carbons (Fsp3) is 0.294. The summed E-state index contributed by atoms with van der Waals surface area (Å²) in [6, 6.07) is 7.07. The number of aliphatic hydroxyl groups excluding tert-OH is 1. The van der Waals surface area contributed by atoms with Gasteiger partial charge in [0, 0.05) is 29.8 Å². The maximum Gasteiger partial charge on any atom is 0.237 e. The normalized spacial score (nSPS) is 17.1. The number of carbonyl (C=O) groups excluding carboxylic acids is 2. The van der Waals surface area contributed by atoms with Gasteiger partial charge in [-0.1, -0.05) is 24.3 Å². The first-order chi connectivity index (χ1) is 10.7. The molecule has 4 rings (SSSR count). The number of fused-ring (bicyclic) bond motifs is 5. The van der Waals surface area contributed by atoms with Crippen molar-refractivity contribution in [1.29, 1.82) is 0 Å². The molecule has 5 nitrogen and oxygen atoms in total. The van der Waals surface area contributed by atoms with Crippen LogP contribution in [0, 0.1) is 0 Å². The van der Waals surface area contributed by atoms with E-state index in [1.165, 1.54) is 0 Å². The topological polar surface area (TPSA) is 70.8 Å². The Morgan fingerprint density at radius 3 is 2.68 bits per heavy atom. The molecular weight excluding hydrogens is 282 g/mol. The Kier molecular flexibility index (Phi) is 2.99. The van der Waals surface area contributed by atoms with Crippen LogP contribution in [0.4, 0.5) is 0 Å². The molecule has 1 N–H and O–H groups in total. The molecule has 1 aromatic heterocycles. The second-order valence-electron chi connectivity index (χ2n) is 5.66. The van der Waals surface area contributed by atoms with Gasteiger partial charge in [0.25, 0.3) is 0 Å². The number of benzene rings is 1. The predicted molar refractivity (Wildman–Crippen MR) is 78.9 cm³/mol. The van der Waals surface area contributed by atoms with Crippen molar-refractivity contribution >= 4 is 11.6 Å². The van der Waals surface area contributed by atoms with Crippen LogP contribution in [0.15, 0.2) is 28.7 Å². The van der Waals surface area contributed by atoms with Gasteiger partial charge in [0.1, 0.15) is 11.5 Å². The van der Waals surface area contributed by atoms with Crippen LogP contribution in [0.2, 0.25) is 0 Å². The first kappa shape index (κ1) is 13.4. The van der Waals surface area contributed by atoms with E-state index in [9.17, 15) is 9.59 Å². The molecule has 0 amide bonds. The van der Waals surface area contributed by atoms with Crippen molar-refractivity contribution in [2.75, 3.05) is 19.7 Å². The number of hydrogen-bond acceptors (Lipinski definition) is 5. The van der Waals surface area contributed by atoms with Gasteiger partial charge >= 0.3 is 0 Å². The molecule has 0 fully saturated rings. The molecule has 5 heteroatoms. The quantitative estimate of drug-likeness (QED) is 0.854. The second kappa shape index (κ2) is 4.90. The van der Waals surface area contributed by atoms with Gasteiger partial charge in [0.2, 0.25) is 11.6 Å². The average Bonchev–Trinajstić information content (AvgIpc) is 2.92. The summed E-state index contributed by atoms with van der Waals surface area (Å²) in [5.41, 5.74) is 2.42. The van der Waals surface area contributed by atoms with Gasteiger partial charge in [-0.25, -0.2) is 0 Å². The molecule has 2 aromatic rings. The largest absolute Gasteiger partial charge is 0.459 e. The summed E-state index contributed by atoms with van der Waals surface area (Å²) in [5, 5.41) is 9.06. The van der Waals surface area contributed by atoms with E-state index < -0.39 is 11.6 Å². The third kappa shape index (κ3) is 1.79. The number of carbonyl (C=O) groups is 2.